The van der Waals surface area contributed by atoms with Crippen molar-refractivity contribution in [3.63, 3.8) is 0 Å². The van der Waals surface area contributed by atoms with Gasteiger partial charge in [0.25, 0.3) is 0 Å². The average molecular weight is 275 g/mol. The second-order valence-corrected chi connectivity index (χ2v) is 5.78. The normalized spacial score (nSPS) is 10.7. The quantitative estimate of drug-likeness (QED) is 0.921. The summed E-state index contributed by atoms with van der Waals surface area (Å²) in [6.07, 6.45) is 0.759. The van der Waals surface area contributed by atoms with Gasteiger partial charge in [-0.3, -0.25) is 0 Å². The largest absolute Gasteiger partial charge is 0.476 e. The summed E-state index contributed by atoms with van der Waals surface area (Å²) in [6, 6.07) is 4.16. The van der Waals surface area contributed by atoms with Gasteiger partial charge in [-0.05, 0) is 49.4 Å². The second kappa shape index (κ2) is 5.13. The molecule has 0 saturated heterocycles. The van der Waals surface area contributed by atoms with Crippen molar-refractivity contribution in [2.24, 2.45) is 0 Å². The first-order valence-electron chi connectivity index (χ1n) is 6.25. The Morgan fingerprint density at radius 1 is 1.21 bits per heavy atom. The minimum Gasteiger partial charge on any atom is -0.476 e. The van der Waals surface area contributed by atoms with Gasteiger partial charge < -0.3 is 5.11 Å². The van der Waals surface area contributed by atoms with Gasteiger partial charge in [0.05, 0.1) is 9.88 Å². The topological polar surface area (TPSA) is 50.2 Å². The van der Waals surface area contributed by atoms with E-state index in [4.69, 9.17) is 0 Å². The summed E-state index contributed by atoms with van der Waals surface area (Å²) in [5, 5.41) is 10.2. The van der Waals surface area contributed by atoms with Gasteiger partial charge in [-0.15, -0.1) is 11.3 Å². The molecular formula is C15H17NO2S. The number of aromatic carboxylic acids is 1. The fourth-order valence-electron chi connectivity index (χ4n) is 2.05. The summed E-state index contributed by atoms with van der Waals surface area (Å²) in [5.74, 6) is -0.955. The van der Waals surface area contributed by atoms with Gasteiger partial charge >= 0.3 is 5.97 Å². The van der Waals surface area contributed by atoms with Gasteiger partial charge in [0, 0.05) is 0 Å². The zero-order chi connectivity index (χ0) is 14.2. The molecule has 100 valence electrons. The number of aryl methyl sites for hydroxylation is 4. The average Bonchev–Trinajstić information content (AvgIpc) is 2.78. The highest BCUT2D eigenvalue weighted by atomic mass is 32.1. The van der Waals surface area contributed by atoms with E-state index in [0.717, 1.165) is 27.4 Å². The summed E-state index contributed by atoms with van der Waals surface area (Å²) in [6.45, 7) is 8.11. The molecule has 0 amide bonds. The van der Waals surface area contributed by atoms with Crippen LogP contribution in [0.5, 0.6) is 0 Å². The number of carboxylic acid groups (broad SMARTS) is 1. The van der Waals surface area contributed by atoms with Crippen LogP contribution in [0, 0.1) is 20.8 Å². The van der Waals surface area contributed by atoms with E-state index in [0.29, 0.717) is 0 Å². The summed E-state index contributed by atoms with van der Waals surface area (Å²) >= 11 is 1.48. The zero-order valence-corrected chi connectivity index (χ0v) is 12.4. The Bertz CT molecular complexity index is 644. The summed E-state index contributed by atoms with van der Waals surface area (Å²) in [4.78, 5) is 16.3. The summed E-state index contributed by atoms with van der Waals surface area (Å²) < 4.78 is 0. The number of carboxylic acids is 1. The van der Waals surface area contributed by atoms with Crippen molar-refractivity contribution in [1.82, 2.24) is 4.98 Å². The van der Waals surface area contributed by atoms with Crippen LogP contribution in [0.2, 0.25) is 0 Å². The Balaban J connectivity index is 2.67. The van der Waals surface area contributed by atoms with E-state index < -0.39 is 5.97 Å². The van der Waals surface area contributed by atoms with E-state index in [-0.39, 0.29) is 5.69 Å². The van der Waals surface area contributed by atoms with Gasteiger partial charge in [-0.2, -0.15) is 0 Å². The lowest BCUT2D eigenvalue weighted by Gasteiger charge is -2.08. The molecule has 3 nitrogen and oxygen atoms in total. The molecule has 0 aliphatic heterocycles. The number of carbonyl (C=O) groups is 1. The maximum atomic E-state index is 11.3. The van der Waals surface area contributed by atoms with Gasteiger partial charge in [-0.1, -0.05) is 19.1 Å². The predicted molar refractivity (Wildman–Crippen MR) is 78.1 cm³/mol. The minimum absolute atomic E-state index is 0.174. The maximum Gasteiger partial charge on any atom is 0.356 e. The van der Waals surface area contributed by atoms with Crippen LogP contribution in [0.25, 0.3) is 10.4 Å². The Hall–Kier alpha value is -1.68. The van der Waals surface area contributed by atoms with E-state index >= 15 is 0 Å². The third-order valence-corrected chi connectivity index (χ3v) is 4.49. The third kappa shape index (κ3) is 2.54. The fraction of sp³-hybridized carbons (Fsp3) is 0.333. The SMILES string of the molecule is CCc1nc(C(=O)O)c(-c2cc(C)c(C)cc2C)s1. The molecule has 0 aliphatic rings. The van der Waals surface area contributed by atoms with E-state index in [2.05, 4.69) is 24.0 Å². The molecule has 0 saturated carbocycles. The van der Waals surface area contributed by atoms with E-state index in [1.807, 2.05) is 20.8 Å². The number of hydrogen-bond acceptors (Lipinski definition) is 3. The minimum atomic E-state index is -0.955. The van der Waals surface area contributed by atoms with Crippen LogP contribution < -0.4 is 0 Å². The van der Waals surface area contributed by atoms with Crippen LogP contribution in [0.4, 0.5) is 0 Å². The predicted octanol–water partition coefficient (Wildman–Crippen LogP) is 4.00. The molecule has 0 aliphatic carbocycles. The molecule has 1 heterocycles. The van der Waals surface area contributed by atoms with Gasteiger partial charge in [0.1, 0.15) is 0 Å². The molecule has 2 rings (SSSR count). The molecule has 1 aromatic heterocycles. The smallest absolute Gasteiger partial charge is 0.356 e. The number of nitrogens with zero attached hydrogens (tertiary/aromatic N) is 1. The first-order valence-corrected chi connectivity index (χ1v) is 7.07. The Morgan fingerprint density at radius 2 is 1.84 bits per heavy atom. The molecule has 19 heavy (non-hydrogen) atoms. The molecular weight excluding hydrogens is 258 g/mol. The van der Waals surface area contributed by atoms with Crippen molar-refractivity contribution in [2.45, 2.75) is 34.1 Å². The lowest BCUT2D eigenvalue weighted by atomic mass is 9.99. The number of aromatic nitrogens is 1. The highest BCUT2D eigenvalue weighted by Crippen LogP contribution is 2.34. The first-order chi connectivity index (χ1) is 8.93. The molecule has 0 atom stereocenters. The molecule has 1 N–H and O–H groups in total. The van der Waals surface area contributed by atoms with Gasteiger partial charge in [-0.25, -0.2) is 9.78 Å². The van der Waals surface area contributed by atoms with Crippen LogP contribution in [0.1, 0.15) is 39.1 Å². The van der Waals surface area contributed by atoms with Gasteiger partial charge in [0.15, 0.2) is 5.69 Å². The summed E-state index contributed by atoms with van der Waals surface area (Å²) in [7, 11) is 0. The van der Waals surface area contributed by atoms with Crippen LogP contribution in [0.15, 0.2) is 12.1 Å². The van der Waals surface area contributed by atoms with Crippen LogP contribution >= 0.6 is 11.3 Å². The van der Waals surface area contributed by atoms with E-state index in [1.165, 1.54) is 22.5 Å². The van der Waals surface area contributed by atoms with Crippen molar-refractivity contribution in [3.05, 3.63) is 39.5 Å². The van der Waals surface area contributed by atoms with Crippen molar-refractivity contribution in [1.29, 1.82) is 0 Å². The maximum absolute atomic E-state index is 11.3. The van der Waals surface area contributed by atoms with Crippen molar-refractivity contribution in [3.8, 4) is 10.4 Å². The van der Waals surface area contributed by atoms with Crippen LogP contribution in [-0.2, 0) is 6.42 Å². The molecule has 0 unspecified atom stereocenters. The van der Waals surface area contributed by atoms with E-state index in [9.17, 15) is 9.90 Å². The lowest BCUT2D eigenvalue weighted by Crippen LogP contribution is -2.00. The molecule has 1 aromatic carbocycles. The second-order valence-electron chi connectivity index (χ2n) is 4.70. The van der Waals surface area contributed by atoms with Crippen molar-refractivity contribution >= 4 is 17.3 Å². The first kappa shape index (κ1) is 13.7. The Labute approximate surface area is 116 Å². The number of rotatable bonds is 3. The Morgan fingerprint density at radius 3 is 2.42 bits per heavy atom. The zero-order valence-electron chi connectivity index (χ0n) is 11.6. The van der Waals surface area contributed by atoms with Crippen LogP contribution in [-0.4, -0.2) is 16.1 Å². The molecule has 2 aromatic rings. The molecule has 0 fully saturated rings. The van der Waals surface area contributed by atoms with Crippen LogP contribution in [0.3, 0.4) is 0 Å². The molecule has 0 radical (unpaired) electrons. The standard InChI is InChI=1S/C15H17NO2S/c1-5-12-16-13(15(17)18)14(19-12)11-7-9(3)8(2)6-10(11)4/h6-7H,5H2,1-4H3,(H,17,18). The molecule has 4 heteroatoms. The highest BCUT2D eigenvalue weighted by molar-refractivity contribution is 7.15. The summed E-state index contributed by atoms with van der Waals surface area (Å²) in [5.41, 5.74) is 4.64. The molecule has 0 spiro atoms. The molecule has 0 bridgehead atoms. The highest BCUT2D eigenvalue weighted by Gasteiger charge is 2.19. The number of benzene rings is 1. The van der Waals surface area contributed by atoms with E-state index in [1.54, 1.807) is 0 Å². The monoisotopic (exact) mass is 275 g/mol. The van der Waals surface area contributed by atoms with Crippen molar-refractivity contribution in [2.75, 3.05) is 0 Å². The van der Waals surface area contributed by atoms with Gasteiger partial charge in [0.2, 0.25) is 0 Å². The lowest BCUT2D eigenvalue weighted by molar-refractivity contribution is 0.0692. The number of hydrogen-bond donors (Lipinski definition) is 1. The van der Waals surface area contributed by atoms with Crippen molar-refractivity contribution < 1.29 is 9.90 Å². The Kier molecular flexibility index (Phi) is 3.71. The number of thiazole rings is 1. The third-order valence-electron chi connectivity index (χ3n) is 3.26. The fourth-order valence-corrected chi connectivity index (χ4v) is 3.12.